The van der Waals surface area contributed by atoms with E-state index in [4.69, 9.17) is 4.98 Å². The summed E-state index contributed by atoms with van der Waals surface area (Å²) in [4.78, 5) is 5.19. The first kappa shape index (κ1) is 24.0. The molecule has 11 rings (SSSR count). The molecule has 1 heterocycles. The molecule has 8 aromatic rings. The fraction of sp³-hybridized carbons (Fsp3) is 0.0465. The van der Waals surface area contributed by atoms with E-state index in [1.807, 2.05) is 0 Å². The lowest BCUT2D eigenvalue weighted by molar-refractivity contribution is 0.629. The highest BCUT2D eigenvalue weighted by Crippen LogP contribution is 2.61. The van der Waals surface area contributed by atoms with Crippen LogP contribution >= 0.6 is 0 Å². The van der Waals surface area contributed by atoms with Gasteiger partial charge in [0.05, 0.1) is 16.4 Å². The Labute approximate surface area is 256 Å². The number of para-hydroxylation sites is 1. The predicted molar refractivity (Wildman–Crippen MR) is 181 cm³/mol. The average molecular weight is 558 g/mol. The van der Waals surface area contributed by atoms with Crippen molar-refractivity contribution in [2.45, 2.75) is 11.3 Å². The predicted octanol–water partition coefficient (Wildman–Crippen LogP) is 10.4. The summed E-state index contributed by atoms with van der Waals surface area (Å²) in [5, 5.41) is 4.77. The third-order valence-electron chi connectivity index (χ3n) is 10.2. The van der Waals surface area contributed by atoms with Gasteiger partial charge in [0.15, 0.2) is 0 Å². The van der Waals surface area contributed by atoms with Crippen molar-refractivity contribution in [1.29, 1.82) is 0 Å². The maximum absolute atomic E-state index is 5.19. The summed E-state index contributed by atoms with van der Waals surface area (Å²) in [5.74, 6) is 0.268. The smallest absolute Gasteiger partial charge is 0.0794 e. The molecule has 0 N–H and O–H groups in total. The zero-order valence-corrected chi connectivity index (χ0v) is 24.0. The monoisotopic (exact) mass is 557 g/mol. The average Bonchev–Trinajstić information content (AvgIpc) is 3.10. The normalized spacial score (nSPS) is 17.9. The first-order chi connectivity index (χ1) is 21.8. The second-order valence-corrected chi connectivity index (χ2v) is 12.2. The maximum atomic E-state index is 5.19. The number of rotatable bonds is 2. The minimum absolute atomic E-state index is 0.268. The van der Waals surface area contributed by atoms with Gasteiger partial charge in [0.2, 0.25) is 0 Å². The summed E-state index contributed by atoms with van der Waals surface area (Å²) in [7, 11) is 0. The van der Waals surface area contributed by atoms with Crippen LogP contribution in [0.25, 0.3) is 43.7 Å². The molecule has 0 aliphatic heterocycles. The summed E-state index contributed by atoms with van der Waals surface area (Å²) in [6.45, 7) is 0. The number of nitrogens with zero attached hydrogens (tertiary/aromatic N) is 1. The van der Waals surface area contributed by atoms with Gasteiger partial charge in [-0.1, -0.05) is 152 Å². The van der Waals surface area contributed by atoms with E-state index in [1.165, 1.54) is 71.6 Å². The quantitative estimate of drug-likeness (QED) is 0.152. The van der Waals surface area contributed by atoms with Gasteiger partial charge in [-0.3, -0.25) is 0 Å². The molecule has 0 radical (unpaired) electrons. The number of hydrogen-bond donors (Lipinski definition) is 0. The Morgan fingerprint density at radius 1 is 0.432 bits per heavy atom. The van der Waals surface area contributed by atoms with Crippen molar-refractivity contribution in [3.8, 4) is 11.1 Å². The molecule has 1 aromatic heterocycles. The molecule has 0 spiro atoms. The van der Waals surface area contributed by atoms with Crippen LogP contribution in [0, 0.1) is 0 Å². The first-order valence-corrected chi connectivity index (χ1v) is 15.4. The Morgan fingerprint density at radius 3 is 1.64 bits per heavy atom. The lowest BCUT2D eigenvalue weighted by atomic mass is 9.51. The van der Waals surface area contributed by atoms with Gasteiger partial charge in [0.25, 0.3) is 0 Å². The van der Waals surface area contributed by atoms with Gasteiger partial charge in [0.1, 0.15) is 0 Å². The molecule has 44 heavy (non-hydrogen) atoms. The van der Waals surface area contributed by atoms with Gasteiger partial charge >= 0.3 is 0 Å². The largest absolute Gasteiger partial charge is 0.247 e. The second kappa shape index (κ2) is 8.75. The summed E-state index contributed by atoms with van der Waals surface area (Å²) >= 11 is 0. The fourth-order valence-corrected chi connectivity index (χ4v) is 8.50. The number of aromatic nitrogens is 1. The van der Waals surface area contributed by atoms with Crippen LogP contribution in [0.4, 0.5) is 0 Å². The third-order valence-corrected chi connectivity index (χ3v) is 10.2. The van der Waals surface area contributed by atoms with E-state index < -0.39 is 0 Å². The summed E-state index contributed by atoms with van der Waals surface area (Å²) < 4.78 is 0. The van der Waals surface area contributed by atoms with Crippen LogP contribution in [0.1, 0.15) is 44.9 Å². The van der Waals surface area contributed by atoms with Gasteiger partial charge in [-0.05, 0) is 56.0 Å². The zero-order valence-electron chi connectivity index (χ0n) is 24.0. The van der Waals surface area contributed by atoms with Crippen LogP contribution in [-0.4, -0.2) is 4.98 Å². The van der Waals surface area contributed by atoms with Crippen molar-refractivity contribution in [2.75, 3.05) is 0 Å². The molecule has 0 saturated heterocycles. The Kier molecular flexibility index (Phi) is 4.77. The van der Waals surface area contributed by atoms with Gasteiger partial charge < -0.3 is 0 Å². The topological polar surface area (TPSA) is 12.9 Å². The minimum Gasteiger partial charge on any atom is -0.247 e. The van der Waals surface area contributed by atoms with Crippen molar-refractivity contribution in [3.63, 3.8) is 0 Å². The highest BCUT2D eigenvalue weighted by Gasteiger charge is 2.52. The van der Waals surface area contributed by atoms with Crippen molar-refractivity contribution in [1.82, 2.24) is 4.98 Å². The van der Waals surface area contributed by atoms with Gasteiger partial charge in [-0.2, -0.15) is 0 Å². The molecule has 2 bridgehead atoms. The molecular formula is C43H27N. The van der Waals surface area contributed by atoms with E-state index in [1.54, 1.807) is 0 Å². The van der Waals surface area contributed by atoms with Crippen molar-refractivity contribution < 1.29 is 0 Å². The minimum atomic E-state index is -0.365. The molecule has 3 aliphatic rings. The van der Waals surface area contributed by atoms with E-state index in [0.717, 1.165) is 11.0 Å². The summed E-state index contributed by atoms with van der Waals surface area (Å²) in [6.07, 6.45) is 0. The molecular weight excluding hydrogens is 530 g/mol. The molecule has 0 unspecified atom stereocenters. The molecule has 0 amide bonds. The van der Waals surface area contributed by atoms with Crippen molar-refractivity contribution >= 4 is 32.6 Å². The van der Waals surface area contributed by atoms with Crippen LogP contribution in [-0.2, 0) is 5.41 Å². The highest BCUT2D eigenvalue weighted by atomic mass is 14.7. The molecule has 0 fully saturated rings. The number of benzene rings is 7. The van der Waals surface area contributed by atoms with E-state index >= 15 is 0 Å². The van der Waals surface area contributed by atoms with Crippen LogP contribution < -0.4 is 0 Å². The van der Waals surface area contributed by atoms with Gasteiger partial charge in [-0.25, -0.2) is 4.98 Å². The Bertz CT molecular complexity index is 2330. The highest BCUT2D eigenvalue weighted by molar-refractivity contribution is 6.16. The van der Waals surface area contributed by atoms with E-state index in [2.05, 4.69) is 158 Å². The second-order valence-electron chi connectivity index (χ2n) is 12.2. The molecule has 1 heteroatoms. The lowest BCUT2D eigenvalue weighted by Crippen LogP contribution is -2.43. The van der Waals surface area contributed by atoms with E-state index in [9.17, 15) is 0 Å². The summed E-state index contributed by atoms with van der Waals surface area (Å²) in [5.41, 5.74) is 14.0. The van der Waals surface area contributed by atoms with Crippen LogP contribution in [0.5, 0.6) is 0 Å². The Hall–Kier alpha value is -5.53. The lowest BCUT2D eigenvalue weighted by Gasteiger charge is -2.51. The number of hydrogen-bond acceptors (Lipinski definition) is 1. The van der Waals surface area contributed by atoms with E-state index in [-0.39, 0.29) is 11.3 Å². The Morgan fingerprint density at radius 2 is 0.977 bits per heavy atom. The molecule has 3 aliphatic carbocycles. The Balaban J connectivity index is 1.26. The standard InChI is InChI=1S/C43H27N/c1-2-12-30-27(11-1)23-26-35-40(34-16-6-10-20-39(34)44-42(30)35)28-21-24-29(25-22-28)43-36-17-7-3-13-31(36)41(32-14-4-8-18-37(32)43)33-15-5-9-19-38(33)43/h1-26,41H. The molecule has 7 aromatic carbocycles. The molecule has 1 nitrogen and oxygen atoms in total. The van der Waals surface area contributed by atoms with Gasteiger partial charge in [0, 0.05) is 27.6 Å². The first-order valence-electron chi connectivity index (χ1n) is 15.4. The van der Waals surface area contributed by atoms with Crippen LogP contribution in [0.15, 0.2) is 158 Å². The zero-order chi connectivity index (χ0) is 28.8. The van der Waals surface area contributed by atoms with Crippen LogP contribution in [0.3, 0.4) is 0 Å². The SMILES string of the molecule is c1ccc2c(c1)C1c3ccccc3C2(c2ccc(-c3c4ccccc4nc4c3ccc3ccccc34)cc2)c2ccccc21. The number of pyridine rings is 1. The maximum Gasteiger partial charge on any atom is 0.0794 e. The number of fused-ring (bicyclic) bond motifs is 4. The molecule has 0 saturated carbocycles. The molecule has 0 atom stereocenters. The molecule has 204 valence electrons. The van der Waals surface area contributed by atoms with Crippen LogP contribution in [0.2, 0.25) is 0 Å². The van der Waals surface area contributed by atoms with Gasteiger partial charge in [-0.15, -0.1) is 0 Å². The van der Waals surface area contributed by atoms with E-state index in [0.29, 0.717) is 0 Å². The van der Waals surface area contributed by atoms with Crippen molar-refractivity contribution in [2.24, 2.45) is 0 Å². The fourth-order valence-electron chi connectivity index (χ4n) is 8.50. The van der Waals surface area contributed by atoms with Crippen molar-refractivity contribution in [3.05, 3.63) is 197 Å². The third kappa shape index (κ3) is 2.96. The summed E-state index contributed by atoms with van der Waals surface area (Å²) in [6, 6.07) is 58.4.